The van der Waals surface area contributed by atoms with Crippen LogP contribution in [-0.4, -0.2) is 0 Å². The van der Waals surface area contributed by atoms with E-state index in [4.69, 9.17) is 0 Å². The summed E-state index contributed by atoms with van der Waals surface area (Å²) in [7, 11) is 0. The molecular weight excluding hydrogens is 348 g/mol. The second kappa shape index (κ2) is 8.02. The molecule has 3 saturated carbocycles. The van der Waals surface area contributed by atoms with Crippen LogP contribution in [0.25, 0.3) is 0 Å². The van der Waals surface area contributed by atoms with Gasteiger partial charge in [-0.05, 0) is 96.7 Å². The molecule has 0 aromatic carbocycles. The van der Waals surface area contributed by atoms with Gasteiger partial charge in [-0.2, -0.15) is 0 Å². The first-order chi connectivity index (χ1) is 13.7. The molecule has 0 aromatic rings. The zero-order valence-electron chi connectivity index (χ0n) is 20.8. The van der Waals surface area contributed by atoms with Gasteiger partial charge in [0.15, 0.2) is 0 Å². The zero-order valence-corrected chi connectivity index (χ0v) is 20.8. The summed E-state index contributed by atoms with van der Waals surface area (Å²) in [6.07, 6.45) is 17.5. The molecular formula is C29H50. The molecule has 0 saturated heterocycles. The van der Waals surface area contributed by atoms with Crippen LogP contribution < -0.4 is 0 Å². The van der Waals surface area contributed by atoms with Crippen LogP contribution in [0, 0.1) is 58.2 Å². The summed E-state index contributed by atoms with van der Waals surface area (Å²) in [5.41, 5.74) is 3.16. The maximum atomic E-state index is 2.80. The molecule has 0 aliphatic heterocycles. The predicted molar refractivity (Wildman–Crippen MR) is 127 cm³/mol. The summed E-state index contributed by atoms with van der Waals surface area (Å²) < 4.78 is 0. The molecule has 0 heteroatoms. The smallest absolute Gasteiger partial charge is 0.0143 e. The van der Waals surface area contributed by atoms with Crippen LogP contribution in [0.1, 0.15) is 113 Å². The molecule has 0 amide bonds. The number of allylic oxidation sites excluding steroid dienone is 2. The van der Waals surface area contributed by atoms with Crippen LogP contribution in [0.4, 0.5) is 0 Å². The molecule has 0 N–H and O–H groups in total. The largest absolute Gasteiger partial charge is 0.0844 e. The Kier molecular flexibility index (Phi) is 6.07. The predicted octanol–water partition coefficient (Wildman–Crippen LogP) is 8.91. The fraction of sp³-hybridized carbons (Fsp3) is 0.931. The quantitative estimate of drug-likeness (QED) is 0.405. The zero-order chi connectivity index (χ0) is 21.0. The van der Waals surface area contributed by atoms with Crippen molar-refractivity contribution in [3.05, 3.63) is 11.6 Å². The van der Waals surface area contributed by atoms with Crippen LogP contribution in [0.15, 0.2) is 11.6 Å². The first kappa shape index (κ1) is 22.0. The first-order valence-electron chi connectivity index (χ1n) is 13.4. The van der Waals surface area contributed by atoms with Crippen molar-refractivity contribution in [1.82, 2.24) is 0 Å². The SMILES string of the molecule is CC(C)C(C)CCC(C)C1CCC2C3=CCC4C(C)CCCC4(C)C3CCC21C. The topological polar surface area (TPSA) is 0 Å². The Morgan fingerprint density at radius 1 is 0.897 bits per heavy atom. The van der Waals surface area contributed by atoms with Crippen molar-refractivity contribution in [2.24, 2.45) is 58.2 Å². The van der Waals surface area contributed by atoms with E-state index in [1.165, 1.54) is 64.2 Å². The molecule has 9 atom stereocenters. The standard InChI is InChI=1S/C29H50/c1-19(2)20(3)10-11-22(5)25-14-15-26-23-12-13-24-21(4)9-8-17-28(24,6)27(23)16-18-29(25,26)7/h12,19-22,24-27H,8-11,13-18H2,1-7H3. The highest BCUT2D eigenvalue weighted by Gasteiger charge is 2.58. The maximum Gasteiger partial charge on any atom is -0.0143 e. The summed E-state index contributed by atoms with van der Waals surface area (Å²) in [6, 6.07) is 0. The van der Waals surface area contributed by atoms with Crippen molar-refractivity contribution in [2.75, 3.05) is 0 Å². The molecule has 9 unspecified atom stereocenters. The van der Waals surface area contributed by atoms with E-state index < -0.39 is 0 Å². The van der Waals surface area contributed by atoms with Crippen LogP contribution in [-0.2, 0) is 0 Å². The lowest BCUT2D eigenvalue weighted by Gasteiger charge is -2.58. The molecule has 4 aliphatic rings. The number of hydrogen-bond donors (Lipinski definition) is 0. The molecule has 166 valence electrons. The molecule has 4 aliphatic carbocycles. The summed E-state index contributed by atoms with van der Waals surface area (Å²) in [5, 5.41) is 0. The average Bonchev–Trinajstić information content (AvgIpc) is 3.03. The highest BCUT2D eigenvalue weighted by atomic mass is 14.6. The number of fused-ring (bicyclic) bond motifs is 5. The normalized spacial score (nSPS) is 46.5. The Labute approximate surface area is 182 Å². The van der Waals surface area contributed by atoms with E-state index in [-0.39, 0.29) is 0 Å². The monoisotopic (exact) mass is 398 g/mol. The summed E-state index contributed by atoms with van der Waals surface area (Å²) in [4.78, 5) is 0. The second-order valence-corrected chi connectivity index (χ2v) is 13.0. The van der Waals surface area contributed by atoms with Crippen molar-refractivity contribution in [3.8, 4) is 0 Å². The number of rotatable bonds is 5. The van der Waals surface area contributed by atoms with Gasteiger partial charge in [-0.3, -0.25) is 0 Å². The molecule has 0 bridgehead atoms. The minimum Gasteiger partial charge on any atom is -0.0844 e. The van der Waals surface area contributed by atoms with E-state index in [0.717, 1.165) is 47.3 Å². The van der Waals surface area contributed by atoms with Gasteiger partial charge >= 0.3 is 0 Å². The van der Waals surface area contributed by atoms with Gasteiger partial charge in [0.2, 0.25) is 0 Å². The lowest BCUT2D eigenvalue weighted by Crippen LogP contribution is -2.50. The molecule has 29 heavy (non-hydrogen) atoms. The van der Waals surface area contributed by atoms with Crippen molar-refractivity contribution < 1.29 is 0 Å². The van der Waals surface area contributed by atoms with Crippen LogP contribution >= 0.6 is 0 Å². The Hall–Kier alpha value is -0.260. The van der Waals surface area contributed by atoms with Gasteiger partial charge in [-0.1, -0.05) is 85.8 Å². The van der Waals surface area contributed by atoms with E-state index in [1.54, 1.807) is 0 Å². The first-order valence-corrected chi connectivity index (χ1v) is 13.4. The van der Waals surface area contributed by atoms with E-state index in [1.807, 2.05) is 5.57 Å². The van der Waals surface area contributed by atoms with Crippen molar-refractivity contribution >= 4 is 0 Å². The van der Waals surface area contributed by atoms with Crippen molar-refractivity contribution in [1.29, 1.82) is 0 Å². The molecule has 3 fully saturated rings. The van der Waals surface area contributed by atoms with Crippen LogP contribution in [0.5, 0.6) is 0 Å². The van der Waals surface area contributed by atoms with Crippen LogP contribution in [0.2, 0.25) is 0 Å². The lowest BCUT2D eigenvalue weighted by molar-refractivity contribution is -0.0288. The fourth-order valence-electron chi connectivity index (χ4n) is 9.06. The molecule has 4 rings (SSSR count). The van der Waals surface area contributed by atoms with Crippen molar-refractivity contribution in [3.63, 3.8) is 0 Å². The van der Waals surface area contributed by atoms with Gasteiger partial charge in [0.25, 0.3) is 0 Å². The molecule has 0 aromatic heterocycles. The van der Waals surface area contributed by atoms with Crippen LogP contribution in [0.3, 0.4) is 0 Å². The van der Waals surface area contributed by atoms with Crippen molar-refractivity contribution in [2.45, 2.75) is 113 Å². The lowest BCUT2D eigenvalue weighted by atomic mass is 9.46. The second-order valence-electron chi connectivity index (χ2n) is 13.0. The molecule has 0 radical (unpaired) electrons. The minimum absolute atomic E-state index is 0.590. The van der Waals surface area contributed by atoms with E-state index in [0.29, 0.717) is 10.8 Å². The maximum absolute atomic E-state index is 2.80. The highest BCUT2D eigenvalue weighted by Crippen LogP contribution is 2.67. The van der Waals surface area contributed by atoms with Gasteiger partial charge in [-0.15, -0.1) is 0 Å². The summed E-state index contributed by atoms with van der Waals surface area (Å²) in [6.45, 7) is 17.9. The third-order valence-corrected chi connectivity index (χ3v) is 11.4. The Morgan fingerprint density at radius 2 is 1.62 bits per heavy atom. The highest BCUT2D eigenvalue weighted by molar-refractivity contribution is 5.27. The Morgan fingerprint density at radius 3 is 2.34 bits per heavy atom. The van der Waals surface area contributed by atoms with E-state index >= 15 is 0 Å². The number of hydrogen-bond acceptors (Lipinski definition) is 0. The van der Waals surface area contributed by atoms with E-state index in [9.17, 15) is 0 Å². The van der Waals surface area contributed by atoms with Gasteiger partial charge in [0.1, 0.15) is 0 Å². The van der Waals surface area contributed by atoms with Gasteiger partial charge in [-0.25, -0.2) is 0 Å². The average molecular weight is 399 g/mol. The van der Waals surface area contributed by atoms with E-state index in [2.05, 4.69) is 54.5 Å². The van der Waals surface area contributed by atoms with Gasteiger partial charge in [0.05, 0.1) is 0 Å². The molecule has 0 heterocycles. The minimum atomic E-state index is 0.590. The summed E-state index contributed by atoms with van der Waals surface area (Å²) in [5.74, 6) is 7.31. The Bertz CT molecular complexity index is 614. The van der Waals surface area contributed by atoms with Gasteiger partial charge in [0, 0.05) is 0 Å². The third-order valence-electron chi connectivity index (χ3n) is 11.4. The molecule has 0 nitrogen and oxygen atoms in total. The third kappa shape index (κ3) is 3.57. The fourth-order valence-corrected chi connectivity index (χ4v) is 9.06. The summed E-state index contributed by atoms with van der Waals surface area (Å²) >= 11 is 0. The Balaban J connectivity index is 1.51. The molecule has 0 spiro atoms. The van der Waals surface area contributed by atoms with Gasteiger partial charge < -0.3 is 0 Å².